The molecule has 104 valence electrons. The molecule has 0 aliphatic heterocycles. The van der Waals surface area contributed by atoms with E-state index in [1.54, 1.807) is 12.1 Å². The molecule has 4 heteroatoms. The largest absolute Gasteiger partial charge is 0.397 e. The van der Waals surface area contributed by atoms with E-state index in [0.29, 0.717) is 24.4 Å². The molecule has 1 amide bonds. The molecule has 3 N–H and O–H groups in total. The van der Waals surface area contributed by atoms with Crippen molar-refractivity contribution in [2.24, 2.45) is 5.92 Å². The second-order valence-electron chi connectivity index (χ2n) is 5.08. The topological polar surface area (TPSA) is 64.3 Å². The maximum absolute atomic E-state index is 11.7. The second-order valence-corrected chi connectivity index (χ2v) is 5.08. The highest BCUT2D eigenvalue weighted by molar-refractivity contribution is 5.93. The molecule has 0 aromatic heterocycles. The predicted octanol–water partition coefficient (Wildman–Crippen LogP) is 2.80. The standard InChI is InChI=1S/C15H22N2O2/c16-13-4-1-2-5-14(13)17-15(18)6-3-10-19-11-9-12-7-8-12/h1-2,4-5,12H,3,6-11,16H2,(H,17,18). The van der Waals surface area contributed by atoms with E-state index >= 15 is 0 Å². The van der Waals surface area contributed by atoms with Crippen LogP contribution in [0.5, 0.6) is 0 Å². The molecule has 1 aliphatic rings. The number of hydrogen-bond acceptors (Lipinski definition) is 3. The molecule has 0 atom stereocenters. The van der Waals surface area contributed by atoms with Crippen molar-refractivity contribution in [1.82, 2.24) is 0 Å². The fourth-order valence-electron chi connectivity index (χ4n) is 1.92. The average Bonchev–Trinajstić information content (AvgIpc) is 3.20. The molecule has 0 bridgehead atoms. The van der Waals surface area contributed by atoms with Crippen LogP contribution in [0.3, 0.4) is 0 Å². The first-order chi connectivity index (χ1) is 9.25. The first-order valence-corrected chi connectivity index (χ1v) is 6.98. The smallest absolute Gasteiger partial charge is 0.224 e. The number of nitrogen functional groups attached to an aromatic ring is 1. The number of carbonyl (C=O) groups is 1. The Labute approximate surface area is 114 Å². The van der Waals surface area contributed by atoms with Crippen LogP contribution in [0, 0.1) is 5.92 Å². The summed E-state index contributed by atoms with van der Waals surface area (Å²) >= 11 is 0. The van der Waals surface area contributed by atoms with Gasteiger partial charge >= 0.3 is 0 Å². The predicted molar refractivity (Wildman–Crippen MR) is 76.9 cm³/mol. The molecule has 0 spiro atoms. The number of amides is 1. The summed E-state index contributed by atoms with van der Waals surface area (Å²) in [5.74, 6) is 0.896. The molecular formula is C15H22N2O2. The average molecular weight is 262 g/mol. The zero-order chi connectivity index (χ0) is 13.5. The highest BCUT2D eigenvalue weighted by Crippen LogP contribution is 2.32. The molecule has 4 nitrogen and oxygen atoms in total. The SMILES string of the molecule is Nc1ccccc1NC(=O)CCCOCCC1CC1. The number of benzene rings is 1. The molecule has 2 rings (SSSR count). The molecule has 1 fully saturated rings. The summed E-state index contributed by atoms with van der Waals surface area (Å²) in [5, 5.41) is 2.81. The second kappa shape index (κ2) is 7.14. The van der Waals surface area contributed by atoms with Gasteiger partial charge in [-0.15, -0.1) is 0 Å². The van der Waals surface area contributed by atoms with Crippen molar-refractivity contribution < 1.29 is 9.53 Å². The third kappa shape index (κ3) is 5.30. The van der Waals surface area contributed by atoms with Gasteiger partial charge in [-0.05, 0) is 30.9 Å². The fourth-order valence-corrected chi connectivity index (χ4v) is 1.92. The van der Waals surface area contributed by atoms with Gasteiger partial charge in [0.15, 0.2) is 0 Å². The molecule has 0 saturated heterocycles. The van der Waals surface area contributed by atoms with Gasteiger partial charge in [0.1, 0.15) is 0 Å². The van der Waals surface area contributed by atoms with E-state index in [1.807, 2.05) is 12.1 Å². The molecule has 0 heterocycles. The van der Waals surface area contributed by atoms with Gasteiger partial charge in [0, 0.05) is 19.6 Å². The first-order valence-electron chi connectivity index (χ1n) is 6.98. The van der Waals surface area contributed by atoms with E-state index in [-0.39, 0.29) is 5.91 Å². The number of hydrogen-bond donors (Lipinski definition) is 2. The number of para-hydroxylation sites is 2. The molecule has 1 aromatic rings. The van der Waals surface area contributed by atoms with Gasteiger partial charge in [0.25, 0.3) is 0 Å². The first kappa shape index (κ1) is 13.9. The van der Waals surface area contributed by atoms with Crippen LogP contribution in [0.15, 0.2) is 24.3 Å². The third-order valence-electron chi connectivity index (χ3n) is 3.29. The van der Waals surface area contributed by atoms with Crippen molar-refractivity contribution in [3.8, 4) is 0 Å². The third-order valence-corrected chi connectivity index (χ3v) is 3.29. The summed E-state index contributed by atoms with van der Waals surface area (Å²) in [7, 11) is 0. The summed E-state index contributed by atoms with van der Waals surface area (Å²) in [6.07, 6.45) is 5.13. The van der Waals surface area contributed by atoms with Crippen LogP contribution in [0.1, 0.15) is 32.1 Å². The molecule has 1 aliphatic carbocycles. The molecule has 19 heavy (non-hydrogen) atoms. The number of nitrogens with one attached hydrogen (secondary N) is 1. The van der Waals surface area contributed by atoms with Gasteiger partial charge in [0.2, 0.25) is 5.91 Å². The van der Waals surface area contributed by atoms with Crippen molar-refractivity contribution in [1.29, 1.82) is 0 Å². The molecule has 0 radical (unpaired) electrons. The lowest BCUT2D eigenvalue weighted by molar-refractivity contribution is -0.116. The maximum Gasteiger partial charge on any atom is 0.224 e. The van der Waals surface area contributed by atoms with Crippen LogP contribution in [-0.4, -0.2) is 19.1 Å². The number of rotatable bonds is 8. The molecule has 0 unspecified atom stereocenters. The Balaban J connectivity index is 1.55. The Bertz CT molecular complexity index is 416. The van der Waals surface area contributed by atoms with Gasteiger partial charge in [0.05, 0.1) is 11.4 Å². The van der Waals surface area contributed by atoms with Crippen molar-refractivity contribution in [2.45, 2.75) is 32.1 Å². The van der Waals surface area contributed by atoms with Gasteiger partial charge in [-0.3, -0.25) is 4.79 Å². The van der Waals surface area contributed by atoms with Crippen LogP contribution in [0.25, 0.3) is 0 Å². The van der Waals surface area contributed by atoms with E-state index in [4.69, 9.17) is 10.5 Å². The van der Waals surface area contributed by atoms with E-state index in [1.165, 1.54) is 19.3 Å². The lowest BCUT2D eigenvalue weighted by Gasteiger charge is -2.08. The lowest BCUT2D eigenvalue weighted by atomic mass is 10.2. The molecule has 1 aromatic carbocycles. The van der Waals surface area contributed by atoms with E-state index < -0.39 is 0 Å². The van der Waals surface area contributed by atoms with Crippen molar-refractivity contribution in [2.75, 3.05) is 24.3 Å². The Morgan fingerprint density at radius 1 is 1.32 bits per heavy atom. The normalized spacial score (nSPS) is 14.3. The van der Waals surface area contributed by atoms with Crippen molar-refractivity contribution in [3.05, 3.63) is 24.3 Å². The Kier molecular flexibility index (Phi) is 5.21. The molecule has 1 saturated carbocycles. The summed E-state index contributed by atoms with van der Waals surface area (Å²) in [6.45, 7) is 1.49. The number of nitrogens with two attached hydrogens (primary N) is 1. The Morgan fingerprint density at radius 3 is 2.84 bits per heavy atom. The Morgan fingerprint density at radius 2 is 2.11 bits per heavy atom. The van der Waals surface area contributed by atoms with Gasteiger partial charge in [-0.1, -0.05) is 25.0 Å². The summed E-state index contributed by atoms with van der Waals surface area (Å²) in [4.78, 5) is 11.7. The van der Waals surface area contributed by atoms with Gasteiger partial charge in [-0.25, -0.2) is 0 Å². The minimum absolute atomic E-state index is 0.0105. The maximum atomic E-state index is 11.7. The highest BCUT2D eigenvalue weighted by Gasteiger charge is 2.20. The monoisotopic (exact) mass is 262 g/mol. The lowest BCUT2D eigenvalue weighted by Crippen LogP contribution is -2.13. The number of ether oxygens (including phenoxy) is 1. The summed E-state index contributed by atoms with van der Waals surface area (Å²) < 4.78 is 5.50. The van der Waals surface area contributed by atoms with E-state index in [2.05, 4.69) is 5.32 Å². The van der Waals surface area contributed by atoms with Gasteiger partial charge < -0.3 is 15.8 Å². The van der Waals surface area contributed by atoms with Crippen molar-refractivity contribution in [3.63, 3.8) is 0 Å². The Hall–Kier alpha value is -1.55. The zero-order valence-electron chi connectivity index (χ0n) is 11.2. The van der Waals surface area contributed by atoms with Crippen molar-refractivity contribution >= 4 is 17.3 Å². The van der Waals surface area contributed by atoms with E-state index in [9.17, 15) is 4.79 Å². The van der Waals surface area contributed by atoms with Crippen LogP contribution in [0.2, 0.25) is 0 Å². The highest BCUT2D eigenvalue weighted by atomic mass is 16.5. The van der Waals surface area contributed by atoms with Crippen LogP contribution < -0.4 is 11.1 Å². The number of carbonyl (C=O) groups excluding carboxylic acids is 1. The van der Waals surface area contributed by atoms with Crippen LogP contribution in [0.4, 0.5) is 11.4 Å². The summed E-state index contributed by atoms with van der Waals surface area (Å²) in [5.41, 5.74) is 7.03. The minimum atomic E-state index is -0.0105. The number of anilines is 2. The zero-order valence-corrected chi connectivity index (χ0v) is 11.2. The van der Waals surface area contributed by atoms with Gasteiger partial charge in [-0.2, -0.15) is 0 Å². The fraction of sp³-hybridized carbons (Fsp3) is 0.533. The molecular weight excluding hydrogens is 240 g/mol. The summed E-state index contributed by atoms with van der Waals surface area (Å²) in [6, 6.07) is 7.28. The van der Waals surface area contributed by atoms with Crippen LogP contribution in [-0.2, 0) is 9.53 Å². The van der Waals surface area contributed by atoms with Crippen LogP contribution >= 0.6 is 0 Å². The van der Waals surface area contributed by atoms with E-state index in [0.717, 1.165) is 18.9 Å². The minimum Gasteiger partial charge on any atom is -0.397 e. The quantitative estimate of drug-likeness (QED) is 0.559.